The Bertz CT molecular complexity index is 579. The molecule has 2 saturated heterocycles. The van der Waals surface area contributed by atoms with Crippen LogP contribution in [0.3, 0.4) is 0 Å². The number of hydrogen-bond donors (Lipinski definition) is 1. The van der Waals surface area contributed by atoms with Gasteiger partial charge in [-0.05, 0) is 47.1 Å². The van der Waals surface area contributed by atoms with Crippen LogP contribution in [0.2, 0.25) is 0 Å². The van der Waals surface area contributed by atoms with Crippen molar-refractivity contribution in [1.82, 2.24) is 14.9 Å². The fourth-order valence-electron chi connectivity index (χ4n) is 3.38. The molecule has 144 valence electrons. The molecule has 0 amide bonds. The van der Waals surface area contributed by atoms with Gasteiger partial charge in [0.2, 0.25) is 0 Å². The number of nitrogens with two attached hydrogens (primary N) is 1. The Kier molecular flexibility index (Phi) is 5.86. The van der Waals surface area contributed by atoms with Crippen LogP contribution in [0.15, 0.2) is 12.4 Å². The minimum atomic E-state index is -0.451. The standard InChI is InChI=1S/C18H31BN4O3/c1-17(2)18(3,4)26-19(25-17)14-11-21-16(22-12-14)24-13-15-7-5-6-9-23(15)10-8-20/h11-12,15H,5-10,13,20H2,1-4H3/t15-/m0/s1. The lowest BCUT2D eigenvalue weighted by atomic mass is 9.81. The first kappa shape index (κ1) is 19.5. The number of likely N-dealkylation sites (tertiary alicyclic amines) is 1. The van der Waals surface area contributed by atoms with Crippen LogP contribution in [0.25, 0.3) is 0 Å². The summed E-state index contributed by atoms with van der Waals surface area (Å²) < 4.78 is 17.9. The molecule has 1 atom stereocenters. The summed E-state index contributed by atoms with van der Waals surface area (Å²) in [5.74, 6) is 0. The highest BCUT2D eigenvalue weighted by Crippen LogP contribution is 2.36. The van der Waals surface area contributed by atoms with Gasteiger partial charge in [-0.2, -0.15) is 0 Å². The fraction of sp³-hybridized carbons (Fsp3) is 0.778. The van der Waals surface area contributed by atoms with E-state index in [0.29, 0.717) is 25.2 Å². The molecule has 0 spiro atoms. The van der Waals surface area contributed by atoms with E-state index in [4.69, 9.17) is 19.8 Å². The Labute approximate surface area is 156 Å². The zero-order valence-electron chi connectivity index (χ0n) is 16.4. The average molecular weight is 362 g/mol. The summed E-state index contributed by atoms with van der Waals surface area (Å²) in [7, 11) is -0.451. The molecule has 0 aromatic carbocycles. The van der Waals surface area contributed by atoms with Crippen LogP contribution in [0, 0.1) is 0 Å². The van der Waals surface area contributed by atoms with Gasteiger partial charge < -0.3 is 19.8 Å². The maximum Gasteiger partial charge on any atom is 0.498 e. The summed E-state index contributed by atoms with van der Waals surface area (Å²) >= 11 is 0. The molecule has 0 radical (unpaired) electrons. The highest BCUT2D eigenvalue weighted by Gasteiger charge is 2.51. The highest BCUT2D eigenvalue weighted by molar-refractivity contribution is 6.61. The van der Waals surface area contributed by atoms with Gasteiger partial charge >= 0.3 is 13.1 Å². The summed E-state index contributed by atoms with van der Waals surface area (Å²) in [5.41, 5.74) is 5.77. The van der Waals surface area contributed by atoms with Crippen LogP contribution in [-0.4, -0.2) is 65.5 Å². The van der Waals surface area contributed by atoms with E-state index in [1.54, 1.807) is 12.4 Å². The summed E-state index contributed by atoms with van der Waals surface area (Å²) in [6.45, 7) is 11.4. The molecule has 2 aliphatic heterocycles. The van der Waals surface area contributed by atoms with Gasteiger partial charge in [-0.3, -0.25) is 4.90 Å². The second-order valence-corrected chi connectivity index (χ2v) is 8.17. The maximum absolute atomic E-state index is 6.02. The van der Waals surface area contributed by atoms with E-state index < -0.39 is 7.12 Å². The first-order chi connectivity index (χ1) is 12.3. The molecule has 7 nitrogen and oxygen atoms in total. The molecule has 0 saturated carbocycles. The molecular weight excluding hydrogens is 331 g/mol. The lowest BCUT2D eigenvalue weighted by Crippen LogP contribution is -2.45. The average Bonchev–Trinajstić information content (AvgIpc) is 2.82. The van der Waals surface area contributed by atoms with Crippen LogP contribution >= 0.6 is 0 Å². The third-order valence-electron chi connectivity index (χ3n) is 5.74. The normalized spacial score (nSPS) is 25.4. The zero-order valence-corrected chi connectivity index (χ0v) is 16.4. The summed E-state index contributed by atoms with van der Waals surface area (Å²) in [6.07, 6.45) is 7.05. The number of rotatable bonds is 6. The van der Waals surface area contributed by atoms with Gasteiger partial charge in [-0.25, -0.2) is 9.97 Å². The smallest absolute Gasteiger partial charge is 0.462 e. The van der Waals surface area contributed by atoms with Gasteiger partial charge in [0.1, 0.15) is 6.61 Å². The maximum atomic E-state index is 6.02. The van der Waals surface area contributed by atoms with E-state index >= 15 is 0 Å². The SMILES string of the molecule is CC1(C)OB(c2cnc(OC[C@@H]3CCCCN3CCN)nc2)OC1(C)C. The van der Waals surface area contributed by atoms with Crippen molar-refractivity contribution in [2.45, 2.75) is 64.2 Å². The molecule has 0 bridgehead atoms. The second-order valence-electron chi connectivity index (χ2n) is 8.17. The molecule has 3 rings (SSSR count). The van der Waals surface area contributed by atoms with Crippen LogP contribution in [0.1, 0.15) is 47.0 Å². The molecule has 2 N–H and O–H groups in total. The van der Waals surface area contributed by atoms with Gasteiger partial charge in [0.15, 0.2) is 0 Å². The molecule has 0 unspecified atom stereocenters. The zero-order chi connectivity index (χ0) is 18.8. The Balaban J connectivity index is 1.57. The largest absolute Gasteiger partial charge is 0.498 e. The predicted octanol–water partition coefficient (Wildman–Crippen LogP) is 0.968. The number of ether oxygens (including phenoxy) is 1. The Morgan fingerprint density at radius 2 is 1.85 bits per heavy atom. The van der Waals surface area contributed by atoms with Crippen molar-refractivity contribution in [2.75, 3.05) is 26.2 Å². The Morgan fingerprint density at radius 1 is 1.19 bits per heavy atom. The lowest BCUT2D eigenvalue weighted by Gasteiger charge is -2.34. The van der Waals surface area contributed by atoms with Gasteiger partial charge in [-0.1, -0.05) is 6.42 Å². The van der Waals surface area contributed by atoms with Gasteiger partial charge in [-0.15, -0.1) is 0 Å². The minimum absolute atomic E-state index is 0.375. The number of piperidine rings is 1. The quantitative estimate of drug-likeness (QED) is 0.755. The van der Waals surface area contributed by atoms with Crippen molar-refractivity contribution < 1.29 is 14.0 Å². The number of hydrogen-bond acceptors (Lipinski definition) is 7. The molecule has 0 aliphatic carbocycles. The highest BCUT2D eigenvalue weighted by atomic mass is 16.7. The topological polar surface area (TPSA) is 82.7 Å². The van der Waals surface area contributed by atoms with Gasteiger partial charge in [0, 0.05) is 37.0 Å². The monoisotopic (exact) mass is 362 g/mol. The van der Waals surface area contributed by atoms with E-state index in [9.17, 15) is 0 Å². The van der Waals surface area contributed by atoms with Crippen LogP contribution < -0.4 is 15.9 Å². The first-order valence-corrected chi connectivity index (χ1v) is 9.57. The Morgan fingerprint density at radius 3 is 2.46 bits per heavy atom. The summed E-state index contributed by atoms with van der Waals surface area (Å²) in [5, 5.41) is 0. The van der Waals surface area contributed by atoms with E-state index in [1.807, 2.05) is 27.7 Å². The van der Waals surface area contributed by atoms with Crippen molar-refractivity contribution in [3.8, 4) is 6.01 Å². The molecular formula is C18H31BN4O3. The van der Waals surface area contributed by atoms with Crippen LogP contribution in [0.4, 0.5) is 0 Å². The third-order valence-corrected chi connectivity index (χ3v) is 5.74. The molecule has 1 aromatic heterocycles. The van der Waals surface area contributed by atoms with Gasteiger partial charge in [0.05, 0.1) is 11.2 Å². The molecule has 1 aromatic rings. The second kappa shape index (κ2) is 7.80. The number of aromatic nitrogens is 2. The molecule has 8 heteroatoms. The van der Waals surface area contributed by atoms with Crippen LogP contribution in [0.5, 0.6) is 6.01 Å². The summed E-state index contributed by atoms with van der Waals surface area (Å²) in [4.78, 5) is 11.1. The van der Waals surface area contributed by atoms with Gasteiger partial charge in [0.25, 0.3) is 0 Å². The van der Waals surface area contributed by atoms with E-state index in [-0.39, 0.29) is 11.2 Å². The van der Waals surface area contributed by atoms with Crippen molar-refractivity contribution in [3.63, 3.8) is 0 Å². The van der Waals surface area contributed by atoms with Crippen molar-refractivity contribution in [3.05, 3.63) is 12.4 Å². The predicted molar refractivity (Wildman–Crippen MR) is 102 cm³/mol. The molecule has 2 aliphatic rings. The van der Waals surface area contributed by atoms with E-state index in [2.05, 4.69) is 14.9 Å². The van der Waals surface area contributed by atoms with E-state index in [1.165, 1.54) is 12.8 Å². The minimum Gasteiger partial charge on any atom is -0.462 e. The van der Waals surface area contributed by atoms with E-state index in [0.717, 1.165) is 25.0 Å². The third kappa shape index (κ3) is 4.19. The Hall–Kier alpha value is -1.22. The lowest BCUT2D eigenvalue weighted by molar-refractivity contribution is 0.00578. The molecule has 2 fully saturated rings. The number of nitrogens with zero attached hydrogens (tertiary/aromatic N) is 3. The fourth-order valence-corrected chi connectivity index (χ4v) is 3.38. The van der Waals surface area contributed by atoms with Crippen molar-refractivity contribution in [1.29, 1.82) is 0 Å². The van der Waals surface area contributed by atoms with Crippen molar-refractivity contribution >= 4 is 12.6 Å². The van der Waals surface area contributed by atoms with Crippen LogP contribution in [-0.2, 0) is 9.31 Å². The molecule has 3 heterocycles. The molecule has 26 heavy (non-hydrogen) atoms. The first-order valence-electron chi connectivity index (χ1n) is 9.57. The summed E-state index contributed by atoms with van der Waals surface area (Å²) in [6, 6.07) is 0.780. The van der Waals surface area contributed by atoms with Crippen molar-refractivity contribution in [2.24, 2.45) is 5.73 Å².